The van der Waals surface area contributed by atoms with E-state index in [0.29, 0.717) is 19.0 Å². The van der Waals surface area contributed by atoms with Crippen LogP contribution in [0.5, 0.6) is 0 Å². The van der Waals surface area contributed by atoms with Gasteiger partial charge in [-0.25, -0.2) is 8.42 Å². The van der Waals surface area contributed by atoms with Gasteiger partial charge in [0.05, 0.1) is 5.75 Å². The average molecular weight is 318 g/mol. The van der Waals surface area contributed by atoms with Crippen LogP contribution in [0.15, 0.2) is 0 Å². The highest BCUT2D eigenvalue weighted by Crippen LogP contribution is 2.16. The summed E-state index contributed by atoms with van der Waals surface area (Å²) in [6, 6.07) is 0. The van der Waals surface area contributed by atoms with Gasteiger partial charge in [0.1, 0.15) is 5.75 Å². The molecule has 1 unspecified atom stereocenters. The van der Waals surface area contributed by atoms with Gasteiger partial charge >= 0.3 is 0 Å². The van der Waals surface area contributed by atoms with Crippen LogP contribution in [0.1, 0.15) is 32.6 Å². The molecule has 21 heavy (non-hydrogen) atoms. The summed E-state index contributed by atoms with van der Waals surface area (Å²) in [6.07, 6.45) is 2.48. The number of carbonyl (C=O) groups is 2. The van der Waals surface area contributed by atoms with E-state index < -0.39 is 15.6 Å². The van der Waals surface area contributed by atoms with E-state index in [0.717, 1.165) is 12.8 Å². The van der Waals surface area contributed by atoms with E-state index in [1.165, 1.54) is 4.90 Å². The summed E-state index contributed by atoms with van der Waals surface area (Å²) in [5.74, 6) is -0.512. The van der Waals surface area contributed by atoms with Crippen molar-refractivity contribution in [3.63, 3.8) is 0 Å². The largest absolute Gasteiger partial charge is 0.349 e. The minimum Gasteiger partial charge on any atom is -0.349 e. The third kappa shape index (κ3) is 6.46. The zero-order chi connectivity index (χ0) is 16.0. The van der Waals surface area contributed by atoms with Crippen molar-refractivity contribution >= 4 is 21.7 Å². The van der Waals surface area contributed by atoms with E-state index in [4.69, 9.17) is 0 Å². The van der Waals surface area contributed by atoms with E-state index >= 15 is 0 Å². The molecule has 0 aromatic carbocycles. The monoisotopic (exact) mass is 318 g/mol. The minimum absolute atomic E-state index is 0.0959. The molecule has 1 heterocycles. The van der Waals surface area contributed by atoms with Gasteiger partial charge in [-0.2, -0.15) is 0 Å². The van der Waals surface area contributed by atoms with Gasteiger partial charge in [-0.3, -0.25) is 9.59 Å². The second-order valence-electron chi connectivity index (χ2n) is 6.07. The molecule has 1 atom stereocenters. The molecular weight excluding hydrogens is 292 g/mol. The Balaban J connectivity index is 2.41. The van der Waals surface area contributed by atoms with Crippen molar-refractivity contribution in [3.05, 3.63) is 0 Å². The number of piperidine rings is 1. The third-order valence-electron chi connectivity index (χ3n) is 3.70. The van der Waals surface area contributed by atoms with Crippen LogP contribution in [-0.2, 0) is 19.4 Å². The van der Waals surface area contributed by atoms with E-state index in [-0.39, 0.29) is 30.4 Å². The van der Waals surface area contributed by atoms with E-state index in [9.17, 15) is 18.0 Å². The lowest BCUT2D eigenvalue weighted by molar-refractivity contribution is -0.130. The van der Waals surface area contributed by atoms with Gasteiger partial charge in [0, 0.05) is 33.6 Å². The van der Waals surface area contributed by atoms with E-state index in [2.05, 4.69) is 6.92 Å². The fourth-order valence-electron chi connectivity index (χ4n) is 2.43. The smallest absolute Gasteiger partial charge is 0.237 e. The second-order valence-corrected chi connectivity index (χ2v) is 8.25. The molecule has 1 rings (SSSR count). The number of rotatable bonds is 6. The maximum Gasteiger partial charge on any atom is 0.237 e. The van der Waals surface area contributed by atoms with Crippen LogP contribution < -0.4 is 0 Å². The van der Waals surface area contributed by atoms with Gasteiger partial charge < -0.3 is 9.80 Å². The summed E-state index contributed by atoms with van der Waals surface area (Å²) in [7, 11) is -0.157. The summed E-state index contributed by atoms with van der Waals surface area (Å²) < 4.78 is 23.9. The Kier molecular flexibility index (Phi) is 6.64. The van der Waals surface area contributed by atoms with Crippen LogP contribution in [0.4, 0.5) is 0 Å². The molecule has 1 aliphatic rings. The Morgan fingerprint density at radius 2 is 1.95 bits per heavy atom. The van der Waals surface area contributed by atoms with Gasteiger partial charge in [-0.15, -0.1) is 0 Å². The topological polar surface area (TPSA) is 74.8 Å². The predicted octanol–water partition coefficient (Wildman–Crippen LogP) is 0.528. The average Bonchev–Trinajstić information content (AvgIpc) is 2.37. The van der Waals surface area contributed by atoms with Crippen LogP contribution in [0.25, 0.3) is 0 Å². The minimum atomic E-state index is -3.43. The first-order valence-corrected chi connectivity index (χ1v) is 9.22. The predicted molar refractivity (Wildman–Crippen MR) is 81.6 cm³/mol. The summed E-state index contributed by atoms with van der Waals surface area (Å²) in [5.41, 5.74) is 0. The first kappa shape index (κ1) is 17.9. The molecule has 0 spiro atoms. The van der Waals surface area contributed by atoms with Crippen molar-refractivity contribution in [1.29, 1.82) is 0 Å². The number of hydrogen-bond acceptors (Lipinski definition) is 4. The maximum absolute atomic E-state index is 12.0. The van der Waals surface area contributed by atoms with Gasteiger partial charge in [-0.1, -0.05) is 6.92 Å². The van der Waals surface area contributed by atoms with Crippen LogP contribution >= 0.6 is 0 Å². The van der Waals surface area contributed by atoms with E-state index in [1.807, 2.05) is 0 Å². The van der Waals surface area contributed by atoms with Crippen LogP contribution in [0.2, 0.25) is 0 Å². The van der Waals surface area contributed by atoms with Crippen molar-refractivity contribution in [2.75, 3.05) is 38.7 Å². The lowest BCUT2D eigenvalue weighted by Crippen LogP contribution is -2.42. The molecule has 0 aromatic heterocycles. The maximum atomic E-state index is 12.0. The highest BCUT2D eigenvalue weighted by Gasteiger charge is 2.25. The number of amides is 2. The molecule has 0 bridgehead atoms. The quantitative estimate of drug-likeness (QED) is 0.716. The summed E-state index contributed by atoms with van der Waals surface area (Å²) in [5, 5.41) is 0. The molecule has 0 aromatic rings. The fraction of sp³-hybridized carbons (Fsp3) is 0.857. The summed E-state index contributed by atoms with van der Waals surface area (Å²) >= 11 is 0. The van der Waals surface area contributed by atoms with Crippen molar-refractivity contribution in [3.8, 4) is 0 Å². The Morgan fingerprint density at radius 1 is 1.29 bits per heavy atom. The second kappa shape index (κ2) is 7.77. The molecule has 1 aliphatic heterocycles. The highest BCUT2D eigenvalue weighted by molar-refractivity contribution is 7.92. The van der Waals surface area contributed by atoms with Gasteiger partial charge in [0.15, 0.2) is 9.84 Å². The molecule has 7 heteroatoms. The van der Waals surface area contributed by atoms with Crippen LogP contribution in [0, 0.1) is 5.92 Å². The number of hydrogen-bond donors (Lipinski definition) is 0. The Hall–Kier alpha value is -1.11. The zero-order valence-corrected chi connectivity index (χ0v) is 14.0. The molecule has 6 nitrogen and oxygen atoms in total. The van der Waals surface area contributed by atoms with Crippen molar-refractivity contribution < 1.29 is 18.0 Å². The van der Waals surface area contributed by atoms with Crippen molar-refractivity contribution in [2.45, 2.75) is 32.6 Å². The number of nitrogens with zero attached hydrogens (tertiary/aromatic N) is 2. The van der Waals surface area contributed by atoms with Gasteiger partial charge in [-0.05, 0) is 25.2 Å². The van der Waals surface area contributed by atoms with Crippen molar-refractivity contribution in [1.82, 2.24) is 9.80 Å². The summed E-state index contributed by atoms with van der Waals surface area (Å²) in [6.45, 7) is 3.37. The highest BCUT2D eigenvalue weighted by atomic mass is 32.2. The molecule has 1 fully saturated rings. The molecule has 2 amide bonds. The number of sulfone groups is 1. The van der Waals surface area contributed by atoms with Crippen LogP contribution in [-0.4, -0.2) is 68.7 Å². The number of likely N-dealkylation sites (tertiary alicyclic amines) is 1. The normalized spacial score (nSPS) is 19.4. The van der Waals surface area contributed by atoms with E-state index in [1.54, 1.807) is 19.0 Å². The zero-order valence-electron chi connectivity index (χ0n) is 13.2. The van der Waals surface area contributed by atoms with Crippen LogP contribution in [0.3, 0.4) is 0 Å². The third-order valence-corrected chi connectivity index (χ3v) is 5.30. The molecule has 0 aliphatic carbocycles. The van der Waals surface area contributed by atoms with Crippen molar-refractivity contribution in [2.24, 2.45) is 5.92 Å². The molecule has 122 valence electrons. The lowest BCUT2D eigenvalue weighted by atomic mass is 10.0. The van der Waals surface area contributed by atoms with Gasteiger partial charge in [0.2, 0.25) is 11.8 Å². The molecule has 0 saturated carbocycles. The number of carbonyl (C=O) groups excluding carboxylic acids is 2. The summed E-state index contributed by atoms with van der Waals surface area (Å²) in [4.78, 5) is 26.5. The Morgan fingerprint density at radius 3 is 2.52 bits per heavy atom. The SMILES string of the molecule is CC1CCCN(C(=O)CS(=O)(=O)CCCC(=O)N(C)C)C1. The molecule has 0 radical (unpaired) electrons. The fourth-order valence-corrected chi connectivity index (χ4v) is 3.72. The molecule has 0 N–H and O–H groups in total. The first-order valence-electron chi connectivity index (χ1n) is 7.39. The Labute approximate surface area is 127 Å². The standard InChI is InChI=1S/C14H26N2O4S/c1-12-6-4-8-16(10-12)14(18)11-21(19,20)9-5-7-13(17)15(2)3/h12H,4-11H2,1-3H3. The first-order chi connectivity index (χ1) is 9.71. The lowest BCUT2D eigenvalue weighted by Gasteiger charge is -2.30. The molecular formula is C14H26N2O4S. The molecule has 1 saturated heterocycles. The van der Waals surface area contributed by atoms with Gasteiger partial charge in [0.25, 0.3) is 0 Å². The Bertz CT molecular complexity index is 473.